The first kappa shape index (κ1) is 30.4. The van der Waals surface area contributed by atoms with E-state index in [4.69, 9.17) is 35.9 Å². The fourth-order valence-corrected chi connectivity index (χ4v) is 4.30. The van der Waals surface area contributed by atoms with Crippen molar-refractivity contribution in [2.45, 2.75) is 70.6 Å². The third-order valence-electron chi connectivity index (χ3n) is 6.09. The molecule has 1 aliphatic rings. The van der Waals surface area contributed by atoms with Gasteiger partial charge in [-0.3, -0.25) is 15.0 Å². The quantitative estimate of drug-likeness (QED) is 0.193. The zero-order valence-corrected chi connectivity index (χ0v) is 23.7. The van der Waals surface area contributed by atoms with Gasteiger partial charge in [0.15, 0.2) is 5.54 Å². The highest BCUT2D eigenvalue weighted by Crippen LogP contribution is 2.34. The number of hydrogen-bond acceptors (Lipinski definition) is 8. The van der Waals surface area contributed by atoms with E-state index in [-0.39, 0.29) is 19.4 Å². The second-order valence-electron chi connectivity index (χ2n) is 10.4. The molecule has 0 radical (unpaired) electrons. The van der Waals surface area contributed by atoms with Gasteiger partial charge in [0.2, 0.25) is 5.90 Å². The highest BCUT2D eigenvalue weighted by Gasteiger charge is 2.50. The molecule has 39 heavy (non-hydrogen) atoms. The monoisotopic (exact) mass is 559 g/mol. The van der Waals surface area contributed by atoms with Crippen LogP contribution in [0.25, 0.3) is 0 Å². The molecule has 2 aromatic carbocycles. The van der Waals surface area contributed by atoms with Crippen LogP contribution in [-0.2, 0) is 25.5 Å². The number of halogens is 1. The molecule has 2 atom stereocenters. The van der Waals surface area contributed by atoms with Crippen LogP contribution in [0.4, 0.5) is 0 Å². The standard InChI is InChI=1S/C29H38ClN3O6/c1-20-29(15-13-25(35)39-28(2,3)4,27(36)33-31-16-14-21-7-5-8-23(30)19-21)32-26(38-20)22-9-11-24(12-10-22)37-18-6-17-34/h5,7-12,19-20,31,34H,6,13-18H2,1-4H3,(H,33,36)/t20-,29-/m0/s1. The number of amides is 1. The second-order valence-corrected chi connectivity index (χ2v) is 10.8. The van der Waals surface area contributed by atoms with Gasteiger partial charge in [-0.2, -0.15) is 0 Å². The van der Waals surface area contributed by atoms with E-state index in [0.717, 1.165) is 5.56 Å². The van der Waals surface area contributed by atoms with Crippen LogP contribution in [0.1, 0.15) is 58.1 Å². The van der Waals surface area contributed by atoms with Gasteiger partial charge in [0, 0.05) is 36.6 Å². The summed E-state index contributed by atoms with van der Waals surface area (Å²) in [6, 6.07) is 14.7. The Kier molecular flexibility index (Phi) is 10.7. The van der Waals surface area contributed by atoms with Gasteiger partial charge in [-0.15, -0.1) is 0 Å². The summed E-state index contributed by atoms with van der Waals surface area (Å²) in [5.41, 5.74) is 5.46. The van der Waals surface area contributed by atoms with Crippen molar-refractivity contribution in [2.75, 3.05) is 19.8 Å². The van der Waals surface area contributed by atoms with E-state index < -0.39 is 29.1 Å². The Labute approximate surface area is 234 Å². The molecule has 9 nitrogen and oxygen atoms in total. The molecule has 0 aliphatic carbocycles. The zero-order chi connectivity index (χ0) is 28.5. The highest BCUT2D eigenvalue weighted by molar-refractivity contribution is 6.30. The predicted octanol–water partition coefficient (Wildman–Crippen LogP) is 3.99. The zero-order valence-electron chi connectivity index (χ0n) is 23.0. The van der Waals surface area contributed by atoms with E-state index in [2.05, 4.69) is 10.9 Å². The summed E-state index contributed by atoms with van der Waals surface area (Å²) in [4.78, 5) is 30.8. The summed E-state index contributed by atoms with van der Waals surface area (Å²) in [5, 5.41) is 9.59. The van der Waals surface area contributed by atoms with Crippen molar-refractivity contribution in [2.24, 2.45) is 4.99 Å². The van der Waals surface area contributed by atoms with Crippen LogP contribution in [0.3, 0.4) is 0 Å². The minimum atomic E-state index is -1.34. The lowest BCUT2D eigenvalue weighted by atomic mass is 9.88. The molecule has 0 saturated heterocycles. The van der Waals surface area contributed by atoms with Gasteiger partial charge in [-0.25, -0.2) is 10.4 Å². The number of hydrazine groups is 1. The first-order valence-corrected chi connectivity index (χ1v) is 13.5. The van der Waals surface area contributed by atoms with Crippen LogP contribution < -0.4 is 15.6 Å². The SMILES string of the molecule is C[C@@H]1OC(c2ccc(OCCCO)cc2)=N[C@]1(CCC(=O)OC(C)(C)C)C(=O)NNCCc1cccc(Cl)c1. The third-order valence-corrected chi connectivity index (χ3v) is 6.32. The van der Waals surface area contributed by atoms with E-state index in [1.807, 2.05) is 24.3 Å². The summed E-state index contributed by atoms with van der Waals surface area (Å²) < 4.78 is 17.1. The maximum Gasteiger partial charge on any atom is 0.306 e. The van der Waals surface area contributed by atoms with E-state index in [0.29, 0.717) is 48.2 Å². The van der Waals surface area contributed by atoms with Gasteiger partial charge >= 0.3 is 5.97 Å². The number of carbonyl (C=O) groups excluding carboxylic acids is 2. The molecule has 1 aliphatic heterocycles. The first-order valence-electron chi connectivity index (χ1n) is 13.1. The molecule has 0 bridgehead atoms. The summed E-state index contributed by atoms with van der Waals surface area (Å²) in [6.45, 7) is 8.09. The molecule has 1 heterocycles. The molecule has 0 unspecified atom stereocenters. The number of carbonyl (C=O) groups is 2. The normalized spacial score (nSPS) is 18.7. The number of aliphatic hydroxyl groups excluding tert-OH is 1. The van der Waals surface area contributed by atoms with Crippen LogP contribution in [0.15, 0.2) is 53.5 Å². The largest absolute Gasteiger partial charge is 0.494 e. The van der Waals surface area contributed by atoms with Crippen LogP contribution in [-0.4, -0.2) is 59.9 Å². The average molecular weight is 560 g/mol. The van der Waals surface area contributed by atoms with Gasteiger partial charge in [-0.05, 0) is 82.5 Å². The van der Waals surface area contributed by atoms with Gasteiger partial charge < -0.3 is 19.3 Å². The number of aliphatic hydroxyl groups is 1. The Morgan fingerprint density at radius 2 is 1.92 bits per heavy atom. The fraction of sp³-hybridized carbons (Fsp3) is 0.483. The molecule has 0 saturated carbocycles. The minimum absolute atomic E-state index is 0.00464. The van der Waals surface area contributed by atoms with Crippen LogP contribution in [0.5, 0.6) is 5.75 Å². The number of nitrogens with one attached hydrogen (secondary N) is 2. The molecule has 2 aromatic rings. The number of hydrogen-bond donors (Lipinski definition) is 3. The van der Waals surface area contributed by atoms with E-state index in [9.17, 15) is 9.59 Å². The maximum atomic E-state index is 13.5. The topological polar surface area (TPSA) is 118 Å². The predicted molar refractivity (Wildman–Crippen MR) is 150 cm³/mol. The van der Waals surface area contributed by atoms with Gasteiger partial charge in [0.25, 0.3) is 5.91 Å². The van der Waals surface area contributed by atoms with Crippen molar-refractivity contribution in [3.63, 3.8) is 0 Å². The number of aliphatic imine (C=N–C) groups is 1. The molecule has 3 N–H and O–H groups in total. The molecule has 3 rings (SSSR count). The van der Waals surface area contributed by atoms with Crippen LogP contribution >= 0.6 is 11.6 Å². The van der Waals surface area contributed by atoms with Gasteiger partial charge in [-0.1, -0.05) is 23.7 Å². The van der Waals surface area contributed by atoms with E-state index in [1.54, 1.807) is 52.0 Å². The lowest BCUT2D eigenvalue weighted by Gasteiger charge is -2.28. The molecule has 0 spiro atoms. The molecule has 212 valence electrons. The molecule has 0 fully saturated rings. The Morgan fingerprint density at radius 1 is 1.18 bits per heavy atom. The van der Waals surface area contributed by atoms with Crippen molar-refractivity contribution in [1.82, 2.24) is 10.9 Å². The molecular weight excluding hydrogens is 522 g/mol. The van der Waals surface area contributed by atoms with E-state index >= 15 is 0 Å². The van der Waals surface area contributed by atoms with Crippen molar-refractivity contribution >= 4 is 29.4 Å². The van der Waals surface area contributed by atoms with Crippen molar-refractivity contribution in [1.29, 1.82) is 0 Å². The smallest absolute Gasteiger partial charge is 0.306 e. The molecule has 1 amide bonds. The Hall–Kier alpha value is -3.14. The van der Waals surface area contributed by atoms with Crippen molar-refractivity contribution in [3.05, 3.63) is 64.7 Å². The lowest BCUT2D eigenvalue weighted by molar-refractivity contribution is -0.155. The van der Waals surface area contributed by atoms with Crippen LogP contribution in [0.2, 0.25) is 5.02 Å². The molecular formula is C29H38ClN3O6. The van der Waals surface area contributed by atoms with Gasteiger partial charge in [0.05, 0.1) is 6.61 Å². The number of benzene rings is 2. The summed E-state index contributed by atoms with van der Waals surface area (Å²) in [6.07, 6.45) is 0.660. The Morgan fingerprint density at radius 3 is 2.59 bits per heavy atom. The minimum Gasteiger partial charge on any atom is -0.494 e. The van der Waals surface area contributed by atoms with Crippen molar-refractivity contribution < 1.29 is 28.9 Å². The number of esters is 1. The fourth-order valence-electron chi connectivity index (χ4n) is 4.09. The summed E-state index contributed by atoms with van der Waals surface area (Å²) in [5.74, 6) is 0.145. The highest BCUT2D eigenvalue weighted by atomic mass is 35.5. The Balaban J connectivity index is 1.74. The first-order chi connectivity index (χ1) is 18.5. The van der Waals surface area contributed by atoms with Crippen molar-refractivity contribution in [3.8, 4) is 5.75 Å². The summed E-state index contributed by atoms with van der Waals surface area (Å²) in [7, 11) is 0. The lowest BCUT2D eigenvalue weighted by Crippen LogP contribution is -2.55. The van der Waals surface area contributed by atoms with Gasteiger partial charge in [0.1, 0.15) is 17.5 Å². The molecule has 10 heteroatoms. The number of rotatable bonds is 13. The van der Waals surface area contributed by atoms with Crippen LogP contribution in [0, 0.1) is 0 Å². The average Bonchev–Trinajstić information content (AvgIpc) is 3.22. The number of nitrogens with zero attached hydrogens (tertiary/aromatic N) is 1. The number of ether oxygens (including phenoxy) is 3. The third kappa shape index (κ3) is 8.95. The molecule has 0 aromatic heterocycles. The second kappa shape index (κ2) is 13.8. The van der Waals surface area contributed by atoms with E-state index in [1.165, 1.54) is 0 Å². The Bertz CT molecular complexity index is 1150. The summed E-state index contributed by atoms with van der Waals surface area (Å²) >= 11 is 6.06. The maximum absolute atomic E-state index is 13.5.